The molecule has 2 rings (SSSR count). The van der Waals surface area contributed by atoms with Gasteiger partial charge in [0, 0.05) is 12.1 Å². The first kappa shape index (κ1) is 16.0. The van der Waals surface area contributed by atoms with E-state index in [0.29, 0.717) is 6.54 Å². The van der Waals surface area contributed by atoms with Gasteiger partial charge in [-0.2, -0.15) is 0 Å². The number of aliphatic hydroxyl groups excluding tert-OH is 1. The third-order valence-electron chi connectivity index (χ3n) is 4.27. The van der Waals surface area contributed by atoms with E-state index >= 15 is 0 Å². The number of amides is 1. The van der Waals surface area contributed by atoms with Crippen molar-refractivity contribution in [3.63, 3.8) is 0 Å². The van der Waals surface area contributed by atoms with Gasteiger partial charge in [0.15, 0.2) is 0 Å². The Morgan fingerprint density at radius 1 is 1.19 bits per heavy atom. The first-order valence-corrected chi connectivity index (χ1v) is 8.31. The fourth-order valence-corrected chi connectivity index (χ4v) is 2.92. The third kappa shape index (κ3) is 4.57. The first-order chi connectivity index (χ1) is 10.2. The lowest BCUT2D eigenvalue weighted by atomic mass is 9.94. The lowest BCUT2D eigenvalue weighted by Gasteiger charge is -2.19. The molecule has 0 aliphatic carbocycles. The van der Waals surface area contributed by atoms with Crippen LogP contribution >= 0.6 is 0 Å². The number of aliphatic hydroxyl groups is 1. The molecule has 0 saturated carbocycles. The molecule has 1 amide bonds. The van der Waals surface area contributed by atoms with Crippen molar-refractivity contribution in [2.24, 2.45) is 0 Å². The Morgan fingerprint density at radius 3 is 2.76 bits per heavy atom. The molecule has 2 N–H and O–H groups in total. The van der Waals surface area contributed by atoms with Crippen molar-refractivity contribution >= 4 is 5.91 Å². The summed E-state index contributed by atoms with van der Waals surface area (Å²) < 4.78 is 0. The fraction of sp³-hybridized carbons (Fsp3) is 0.611. The average molecular weight is 289 g/mol. The molecule has 0 bridgehead atoms. The van der Waals surface area contributed by atoms with Crippen LogP contribution in [-0.4, -0.2) is 17.6 Å². The number of hydrogen-bond donors (Lipinski definition) is 2. The van der Waals surface area contributed by atoms with Gasteiger partial charge in [-0.3, -0.25) is 4.79 Å². The highest BCUT2D eigenvalue weighted by Crippen LogP contribution is 2.24. The SMILES string of the molecule is CCCCCCCCC(O)c1ccc2c(c1)C(=O)NCC2. The van der Waals surface area contributed by atoms with Crippen LogP contribution in [-0.2, 0) is 6.42 Å². The van der Waals surface area contributed by atoms with Crippen molar-refractivity contribution in [3.8, 4) is 0 Å². The molecule has 1 aliphatic rings. The van der Waals surface area contributed by atoms with Crippen LogP contribution in [0.1, 0.15) is 79.5 Å². The summed E-state index contributed by atoms with van der Waals surface area (Å²) in [6.45, 7) is 2.93. The van der Waals surface area contributed by atoms with Crippen LogP contribution in [0.2, 0.25) is 0 Å². The van der Waals surface area contributed by atoms with E-state index in [9.17, 15) is 9.90 Å². The highest BCUT2D eigenvalue weighted by molar-refractivity contribution is 5.96. The number of carbonyl (C=O) groups is 1. The van der Waals surface area contributed by atoms with Gasteiger partial charge in [0.2, 0.25) is 0 Å². The molecule has 0 aromatic heterocycles. The maximum absolute atomic E-state index is 11.8. The molecule has 116 valence electrons. The Balaban J connectivity index is 1.84. The van der Waals surface area contributed by atoms with Crippen LogP contribution in [0, 0.1) is 0 Å². The summed E-state index contributed by atoms with van der Waals surface area (Å²) in [6, 6.07) is 5.83. The number of rotatable bonds is 8. The largest absolute Gasteiger partial charge is 0.388 e. The topological polar surface area (TPSA) is 49.3 Å². The molecule has 1 heterocycles. The Bertz CT molecular complexity index is 470. The van der Waals surface area contributed by atoms with Crippen molar-refractivity contribution < 1.29 is 9.90 Å². The third-order valence-corrected chi connectivity index (χ3v) is 4.27. The first-order valence-electron chi connectivity index (χ1n) is 8.31. The van der Waals surface area contributed by atoms with Gasteiger partial charge < -0.3 is 10.4 Å². The number of carbonyl (C=O) groups excluding carboxylic acids is 1. The molecule has 3 nitrogen and oxygen atoms in total. The van der Waals surface area contributed by atoms with Crippen LogP contribution in [0.5, 0.6) is 0 Å². The van der Waals surface area contributed by atoms with E-state index in [2.05, 4.69) is 12.2 Å². The number of hydrogen-bond acceptors (Lipinski definition) is 2. The molecule has 0 radical (unpaired) electrons. The highest BCUT2D eigenvalue weighted by Gasteiger charge is 2.18. The van der Waals surface area contributed by atoms with Crippen molar-refractivity contribution in [1.82, 2.24) is 5.32 Å². The smallest absolute Gasteiger partial charge is 0.251 e. The fourth-order valence-electron chi connectivity index (χ4n) is 2.92. The van der Waals surface area contributed by atoms with E-state index in [-0.39, 0.29) is 5.91 Å². The Kier molecular flexibility index (Phi) is 6.24. The second kappa shape index (κ2) is 8.18. The maximum Gasteiger partial charge on any atom is 0.251 e. The zero-order valence-electron chi connectivity index (χ0n) is 13.0. The van der Waals surface area contributed by atoms with Crippen molar-refractivity contribution in [2.45, 2.75) is 64.4 Å². The van der Waals surface area contributed by atoms with Gasteiger partial charge in [0.25, 0.3) is 5.91 Å². The van der Waals surface area contributed by atoms with E-state index < -0.39 is 6.10 Å². The molecule has 0 saturated heterocycles. The normalized spacial score (nSPS) is 15.4. The summed E-state index contributed by atoms with van der Waals surface area (Å²) in [4.78, 5) is 11.8. The molecule has 21 heavy (non-hydrogen) atoms. The minimum atomic E-state index is -0.448. The number of unbranched alkanes of at least 4 members (excludes halogenated alkanes) is 5. The Labute approximate surface area is 127 Å². The summed E-state index contributed by atoms with van der Waals surface area (Å²) in [7, 11) is 0. The molecule has 1 aliphatic heterocycles. The quantitative estimate of drug-likeness (QED) is 0.716. The molecule has 1 atom stereocenters. The molecule has 0 spiro atoms. The van der Waals surface area contributed by atoms with Crippen LogP contribution < -0.4 is 5.32 Å². The maximum atomic E-state index is 11.8. The van der Waals surface area contributed by atoms with Crippen LogP contribution in [0.4, 0.5) is 0 Å². The summed E-state index contributed by atoms with van der Waals surface area (Å²) in [5.41, 5.74) is 2.70. The number of fused-ring (bicyclic) bond motifs is 1. The minimum absolute atomic E-state index is 0.00938. The molecule has 3 heteroatoms. The lowest BCUT2D eigenvalue weighted by molar-refractivity contribution is 0.0945. The van der Waals surface area contributed by atoms with Gasteiger partial charge in [0.1, 0.15) is 0 Å². The average Bonchev–Trinajstić information content (AvgIpc) is 2.50. The molecular formula is C18H27NO2. The zero-order chi connectivity index (χ0) is 15.1. The van der Waals surface area contributed by atoms with Crippen LogP contribution in [0.3, 0.4) is 0 Å². The van der Waals surface area contributed by atoms with Gasteiger partial charge in [-0.15, -0.1) is 0 Å². The van der Waals surface area contributed by atoms with Crippen LogP contribution in [0.15, 0.2) is 18.2 Å². The molecule has 1 aromatic carbocycles. The lowest BCUT2D eigenvalue weighted by Crippen LogP contribution is -2.31. The van der Waals surface area contributed by atoms with Gasteiger partial charge in [-0.05, 0) is 30.0 Å². The van der Waals surface area contributed by atoms with Crippen molar-refractivity contribution in [1.29, 1.82) is 0 Å². The predicted octanol–water partition coefficient (Wildman–Crippen LogP) is 3.76. The zero-order valence-corrected chi connectivity index (χ0v) is 13.0. The molecule has 1 aromatic rings. The highest BCUT2D eigenvalue weighted by atomic mass is 16.3. The molecule has 1 unspecified atom stereocenters. The van der Waals surface area contributed by atoms with Gasteiger partial charge >= 0.3 is 0 Å². The van der Waals surface area contributed by atoms with Crippen LogP contribution in [0.25, 0.3) is 0 Å². The van der Waals surface area contributed by atoms with E-state index in [4.69, 9.17) is 0 Å². The van der Waals surface area contributed by atoms with E-state index in [0.717, 1.165) is 36.0 Å². The molecular weight excluding hydrogens is 262 g/mol. The summed E-state index contributed by atoms with van der Waals surface area (Å²) in [5, 5.41) is 13.1. The molecule has 0 fully saturated rings. The predicted molar refractivity (Wildman–Crippen MR) is 85.4 cm³/mol. The monoisotopic (exact) mass is 289 g/mol. The standard InChI is InChI=1S/C18H27NO2/c1-2-3-4-5-6-7-8-17(20)15-10-9-14-11-12-19-18(21)16(14)13-15/h9-10,13,17,20H,2-8,11-12H2,1H3,(H,19,21). The number of benzene rings is 1. The van der Waals surface area contributed by atoms with Gasteiger partial charge in [0.05, 0.1) is 6.10 Å². The number of nitrogens with one attached hydrogen (secondary N) is 1. The Morgan fingerprint density at radius 2 is 1.95 bits per heavy atom. The minimum Gasteiger partial charge on any atom is -0.388 e. The second-order valence-corrected chi connectivity index (χ2v) is 5.99. The van der Waals surface area contributed by atoms with E-state index in [1.54, 1.807) is 0 Å². The summed E-state index contributed by atoms with van der Waals surface area (Å²) in [5.74, 6) is -0.00938. The summed E-state index contributed by atoms with van der Waals surface area (Å²) >= 11 is 0. The van der Waals surface area contributed by atoms with E-state index in [1.165, 1.54) is 32.1 Å². The Hall–Kier alpha value is -1.35. The van der Waals surface area contributed by atoms with Gasteiger partial charge in [-0.1, -0.05) is 57.6 Å². The van der Waals surface area contributed by atoms with Crippen molar-refractivity contribution in [3.05, 3.63) is 34.9 Å². The second-order valence-electron chi connectivity index (χ2n) is 5.99. The van der Waals surface area contributed by atoms with Gasteiger partial charge in [-0.25, -0.2) is 0 Å². The van der Waals surface area contributed by atoms with E-state index in [1.807, 2.05) is 18.2 Å². The van der Waals surface area contributed by atoms with Crippen molar-refractivity contribution in [2.75, 3.05) is 6.54 Å². The summed E-state index contributed by atoms with van der Waals surface area (Å²) in [6.07, 6.45) is 8.58.